The summed E-state index contributed by atoms with van der Waals surface area (Å²) in [6.07, 6.45) is 7.25. The van der Waals surface area contributed by atoms with Crippen LogP contribution in [0.25, 0.3) is 0 Å². The van der Waals surface area contributed by atoms with E-state index in [0.29, 0.717) is 11.7 Å². The summed E-state index contributed by atoms with van der Waals surface area (Å²) in [4.78, 5) is 19.0. The maximum absolute atomic E-state index is 12.3. The fraction of sp³-hybridized carbons (Fsp3) is 0.733. The third-order valence-corrected chi connectivity index (χ3v) is 5.10. The van der Waals surface area contributed by atoms with Crippen molar-refractivity contribution in [2.24, 2.45) is 0 Å². The first-order valence-electron chi connectivity index (χ1n) is 7.92. The third kappa shape index (κ3) is 3.95. The van der Waals surface area contributed by atoms with E-state index < -0.39 is 0 Å². The van der Waals surface area contributed by atoms with Crippen LogP contribution in [0.1, 0.15) is 49.0 Å². The van der Waals surface area contributed by atoms with Gasteiger partial charge >= 0.3 is 0 Å². The highest BCUT2D eigenvalue weighted by Crippen LogP contribution is 2.22. The van der Waals surface area contributed by atoms with Crippen LogP contribution in [-0.2, 0) is 4.74 Å². The number of rotatable bonds is 3. The molecule has 1 aliphatic carbocycles. The summed E-state index contributed by atoms with van der Waals surface area (Å²) in [6.45, 7) is 3.20. The lowest BCUT2D eigenvalue weighted by molar-refractivity contribution is 0.0929. The molecule has 0 radical (unpaired) electrons. The highest BCUT2D eigenvalue weighted by Gasteiger charge is 2.20. The molecular formula is C15H23N3O2S. The molecule has 2 fully saturated rings. The minimum absolute atomic E-state index is 0.0161. The molecule has 6 heteroatoms. The predicted octanol–water partition coefficient (Wildman–Crippen LogP) is 2.43. The highest BCUT2D eigenvalue weighted by molar-refractivity contribution is 7.13. The summed E-state index contributed by atoms with van der Waals surface area (Å²) in [5.41, 5.74) is 0.561. The van der Waals surface area contributed by atoms with Crippen LogP contribution < -0.4 is 10.2 Å². The number of nitrogens with one attached hydrogen (secondary N) is 1. The van der Waals surface area contributed by atoms with Crippen molar-refractivity contribution in [1.29, 1.82) is 0 Å². The Kier molecular flexibility index (Phi) is 5.08. The van der Waals surface area contributed by atoms with Crippen LogP contribution in [0.3, 0.4) is 0 Å². The van der Waals surface area contributed by atoms with Gasteiger partial charge in [-0.3, -0.25) is 4.79 Å². The second kappa shape index (κ2) is 7.22. The molecule has 1 aliphatic heterocycles. The Balaban J connectivity index is 1.58. The molecule has 0 bridgehead atoms. The van der Waals surface area contributed by atoms with Crippen LogP contribution in [0.4, 0.5) is 5.13 Å². The van der Waals surface area contributed by atoms with Crippen molar-refractivity contribution in [2.75, 3.05) is 31.2 Å². The molecule has 3 rings (SSSR count). The first-order chi connectivity index (χ1) is 10.3. The van der Waals surface area contributed by atoms with Gasteiger partial charge in [-0.15, -0.1) is 11.3 Å². The Morgan fingerprint density at radius 2 is 1.95 bits per heavy atom. The molecule has 1 saturated heterocycles. The topological polar surface area (TPSA) is 54.5 Å². The summed E-state index contributed by atoms with van der Waals surface area (Å²) in [5, 5.41) is 5.96. The summed E-state index contributed by atoms with van der Waals surface area (Å²) in [7, 11) is 0. The van der Waals surface area contributed by atoms with Gasteiger partial charge < -0.3 is 15.0 Å². The second-order valence-corrected chi connectivity index (χ2v) is 6.61. The fourth-order valence-electron chi connectivity index (χ4n) is 2.95. The first kappa shape index (κ1) is 14.8. The number of hydrogen-bond acceptors (Lipinski definition) is 5. The molecule has 0 unspecified atom stereocenters. The van der Waals surface area contributed by atoms with Crippen LogP contribution in [0, 0.1) is 0 Å². The molecule has 1 aromatic rings. The van der Waals surface area contributed by atoms with Crippen molar-refractivity contribution in [3.63, 3.8) is 0 Å². The number of nitrogens with zero attached hydrogens (tertiary/aromatic N) is 2. The van der Waals surface area contributed by atoms with Crippen molar-refractivity contribution in [3.05, 3.63) is 11.1 Å². The third-order valence-electron chi connectivity index (χ3n) is 4.20. The number of anilines is 1. The first-order valence-corrected chi connectivity index (χ1v) is 8.80. The molecule has 1 amide bonds. The van der Waals surface area contributed by atoms with Crippen molar-refractivity contribution < 1.29 is 9.53 Å². The molecule has 0 spiro atoms. The van der Waals surface area contributed by atoms with Gasteiger partial charge in [-0.1, -0.05) is 25.7 Å². The summed E-state index contributed by atoms with van der Waals surface area (Å²) in [6, 6.07) is 0.327. The van der Waals surface area contributed by atoms with Gasteiger partial charge in [0.2, 0.25) is 0 Å². The minimum atomic E-state index is -0.0161. The van der Waals surface area contributed by atoms with E-state index in [1.165, 1.54) is 25.7 Å². The predicted molar refractivity (Wildman–Crippen MR) is 84.1 cm³/mol. The van der Waals surface area contributed by atoms with Gasteiger partial charge in [0, 0.05) is 24.5 Å². The monoisotopic (exact) mass is 309 g/mol. The van der Waals surface area contributed by atoms with Crippen molar-refractivity contribution in [3.8, 4) is 0 Å². The molecule has 1 saturated carbocycles. The van der Waals surface area contributed by atoms with Crippen molar-refractivity contribution >= 4 is 22.4 Å². The molecular weight excluding hydrogens is 286 g/mol. The number of thiazole rings is 1. The molecule has 1 aromatic heterocycles. The fourth-order valence-corrected chi connectivity index (χ4v) is 3.81. The van der Waals surface area contributed by atoms with E-state index >= 15 is 0 Å². The highest BCUT2D eigenvalue weighted by atomic mass is 32.1. The smallest absolute Gasteiger partial charge is 0.271 e. The number of hydrogen-bond donors (Lipinski definition) is 1. The SMILES string of the molecule is O=C(NC1CCCCCC1)c1csc(N2CCOCC2)n1. The Bertz CT molecular complexity index is 463. The molecule has 5 nitrogen and oxygen atoms in total. The zero-order valence-corrected chi connectivity index (χ0v) is 13.2. The van der Waals surface area contributed by atoms with Gasteiger partial charge in [-0.2, -0.15) is 0 Å². The van der Waals surface area contributed by atoms with Gasteiger partial charge in [0.25, 0.3) is 5.91 Å². The van der Waals surface area contributed by atoms with Gasteiger partial charge in [-0.05, 0) is 12.8 Å². The lowest BCUT2D eigenvalue weighted by Crippen LogP contribution is -2.36. The minimum Gasteiger partial charge on any atom is -0.378 e. The number of carbonyl (C=O) groups excluding carboxylic acids is 1. The van der Waals surface area contributed by atoms with E-state index in [4.69, 9.17) is 4.74 Å². The Morgan fingerprint density at radius 1 is 1.24 bits per heavy atom. The standard InChI is InChI=1S/C15H23N3O2S/c19-14(16-12-5-3-1-2-4-6-12)13-11-21-15(17-13)18-7-9-20-10-8-18/h11-12H,1-10H2,(H,16,19). The molecule has 2 aliphatic rings. The van der Waals surface area contributed by atoms with Crippen LogP contribution in [0.5, 0.6) is 0 Å². The average molecular weight is 309 g/mol. The molecule has 0 atom stereocenters. The van der Waals surface area contributed by atoms with E-state index in [1.54, 1.807) is 11.3 Å². The van der Waals surface area contributed by atoms with Crippen LogP contribution >= 0.6 is 11.3 Å². The van der Waals surface area contributed by atoms with E-state index in [-0.39, 0.29) is 5.91 Å². The Labute approximate surface area is 129 Å². The van der Waals surface area contributed by atoms with E-state index in [1.807, 2.05) is 5.38 Å². The average Bonchev–Trinajstić information content (AvgIpc) is 2.88. The number of carbonyl (C=O) groups is 1. The largest absolute Gasteiger partial charge is 0.378 e. The van der Waals surface area contributed by atoms with Crippen LogP contribution in [0.15, 0.2) is 5.38 Å². The van der Waals surface area contributed by atoms with Crippen molar-refractivity contribution in [1.82, 2.24) is 10.3 Å². The molecule has 2 heterocycles. The quantitative estimate of drug-likeness (QED) is 0.871. The van der Waals surface area contributed by atoms with E-state index in [9.17, 15) is 4.79 Å². The van der Waals surface area contributed by atoms with E-state index in [2.05, 4.69) is 15.2 Å². The zero-order chi connectivity index (χ0) is 14.5. The number of amides is 1. The maximum atomic E-state index is 12.3. The molecule has 116 valence electrons. The number of ether oxygens (including phenoxy) is 1. The molecule has 0 aromatic carbocycles. The normalized spacial score (nSPS) is 21.0. The van der Waals surface area contributed by atoms with E-state index in [0.717, 1.165) is 44.3 Å². The van der Waals surface area contributed by atoms with Gasteiger partial charge in [0.15, 0.2) is 5.13 Å². The second-order valence-electron chi connectivity index (χ2n) is 5.78. The Hall–Kier alpha value is -1.14. The molecule has 21 heavy (non-hydrogen) atoms. The van der Waals surface area contributed by atoms with Crippen LogP contribution in [0.2, 0.25) is 0 Å². The van der Waals surface area contributed by atoms with Crippen molar-refractivity contribution in [2.45, 2.75) is 44.6 Å². The van der Waals surface area contributed by atoms with Gasteiger partial charge in [0.1, 0.15) is 5.69 Å². The number of morpholine rings is 1. The van der Waals surface area contributed by atoms with Gasteiger partial charge in [0.05, 0.1) is 13.2 Å². The summed E-state index contributed by atoms with van der Waals surface area (Å²) in [5.74, 6) is -0.0161. The van der Waals surface area contributed by atoms with Crippen LogP contribution in [-0.4, -0.2) is 43.2 Å². The number of aromatic nitrogens is 1. The van der Waals surface area contributed by atoms with Gasteiger partial charge in [-0.25, -0.2) is 4.98 Å². The summed E-state index contributed by atoms with van der Waals surface area (Å²) < 4.78 is 5.34. The Morgan fingerprint density at radius 3 is 2.67 bits per heavy atom. The molecule has 1 N–H and O–H groups in total. The summed E-state index contributed by atoms with van der Waals surface area (Å²) >= 11 is 1.55. The maximum Gasteiger partial charge on any atom is 0.271 e. The lowest BCUT2D eigenvalue weighted by Gasteiger charge is -2.26. The lowest BCUT2D eigenvalue weighted by atomic mass is 10.1. The zero-order valence-electron chi connectivity index (χ0n) is 12.3.